The fourth-order valence-electron chi connectivity index (χ4n) is 1.59. The number of aromatic carboxylic acids is 1. The Morgan fingerprint density at radius 2 is 1.74 bits per heavy atom. The number of carboxylic acid groups (broad SMARTS) is 1. The van der Waals surface area contributed by atoms with Crippen molar-refractivity contribution in [3.8, 4) is 0 Å². The van der Waals surface area contributed by atoms with E-state index in [1.807, 2.05) is 0 Å². The Kier molecular flexibility index (Phi) is 7.27. The molecule has 0 aromatic heterocycles. The number of carbonyl (C=O) groups is 3. The van der Waals surface area contributed by atoms with Crippen molar-refractivity contribution >= 4 is 39.5 Å². The molecule has 0 amide bonds. The molecule has 0 spiro atoms. The fourth-order valence-corrected chi connectivity index (χ4v) is 1.95. The van der Waals surface area contributed by atoms with E-state index in [1.54, 1.807) is 19.9 Å². The summed E-state index contributed by atoms with van der Waals surface area (Å²) in [5.74, 6) is -2.86. The van der Waals surface area contributed by atoms with Gasteiger partial charge in [-0.05, 0) is 32.0 Å². The molecule has 1 rings (SSSR count). The van der Waals surface area contributed by atoms with Gasteiger partial charge in [0.25, 0.3) is 0 Å². The van der Waals surface area contributed by atoms with Crippen LogP contribution in [0.15, 0.2) is 34.4 Å². The summed E-state index contributed by atoms with van der Waals surface area (Å²) in [6, 6.07) is 4.52. The molecule has 0 aliphatic rings. The Balaban J connectivity index is 3.12. The highest BCUT2D eigenvalue weighted by atomic mass is 79.9. The van der Waals surface area contributed by atoms with Gasteiger partial charge in [0.2, 0.25) is 0 Å². The van der Waals surface area contributed by atoms with E-state index in [4.69, 9.17) is 9.47 Å². The number of anilines is 1. The van der Waals surface area contributed by atoms with Gasteiger partial charge in [-0.3, -0.25) is 0 Å². The molecule has 0 atom stereocenters. The van der Waals surface area contributed by atoms with Crippen LogP contribution in [-0.4, -0.2) is 36.2 Å². The molecule has 0 saturated heterocycles. The summed E-state index contributed by atoms with van der Waals surface area (Å²) in [5, 5.41) is 11.8. The van der Waals surface area contributed by atoms with Crippen molar-refractivity contribution in [2.75, 3.05) is 18.5 Å². The van der Waals surface area contributed by atoms with Crippen LogP contribution in [0.1, 0.15) is 24.2 Å². The van der Waals surface area contributed by atoms with Crippen molar-refractivity contribution in [3.05, 3.63) is 40.0 Å². The van der Waals surface area contributed by atoms with E-state index < -0.39 is 17.9 Å². The fraction of sp³-hybridized carbons (Fsp3) is 0.267. The minimum absolute atomic E-state index is 0.0253. The van der Waals surface area contributed by atoms with E-state index in [0.29, 0.717) is 4.47 Å². The summed E-state index contributed by atoms with van der Waals surface area (Å²) in [6.45, 7) is 3.39. The van der Waals surface area contributed by atoms with Gasteiger partial charge in [-0.1, -0.05) is 15.9 Å². The third-order valence-electron chi connectivity index (χ3n) is 2.57. The van der Waals surface area contributed by atoms with Crippen molar-refractivity contribution in [1.29, 1.82) is 0 Å². The molecule has 0 radical (unpaired) electrons. The minimum atomic E-state index is -1.16. The van der Waals surface area contributed by atoms with E-state index in [9.17, 15) is 19.5 Å². The maximum Gasteiger partial charge on any atom is 0.347 e. The van der Waals surface area contributed by atoms with Crippen LogP contribution in [-0.2, 0) is 19.1 Å². The highest BCUT2D eigenvalue weighted by Crippen LogP contribution is 2.21. The van der Waals surface area contributed by atoms with Gasteiger partial charge in [0.1, 0.15) is 0 Å². The Bertz CT molecular complexity index is 621. The summed E-state index contributed by atoms with van der Waals surface area (Å²) in [4.78, 5) is 34.8. The SMILES string of the molecule is CCOC(=O)C(=CNc1ccc(Br)cc1C(=O)O)C(=O)OCC. The number of carboxylic acids is 1. The number of hydrogen-bond donors (Lipinski definition) is 2. The van der Waals surface area contributed by atoms with Crippen LogP contribution in [0.2, 0.25) is 0 Å². The topological polar surface area (TPSA) is 102 Å². The lowest BCUT2D eigenvalue weighted by Gasteiger charge is -2.09. The first kappa shape index (κ1) is 18.7. The summed E-state index contributed by atoms with van der Waals surface area (Å²) in [7, 11) is 0. The standard InChI is InChI=1S/C15H16BrNO6/c1-3-22-14(20)11(15(21)23-4-2)8-17-12-6-5-9(16)7-10(12)13(18)19/h5-8,17H,3-4H2,1-2H3,(H,18,19). The Morgan fingerprint density at radius 1 is 1.17 bits per heavy atom. The van der Waals surface area contributed by atoms with Crippen molar-refractivity contribution in [3.63, 3.8) is 0 Å². The van der Waals surface area contributed by atoms with Gasteiger partial charge < -0.3 is 19.9 Å². The number of rotatable bonds is 7. The second-order valence-corrected chi connectivity index (χ2v) is 5.05. The number of halogens is 1. The van der Waals surface area contributed by atoms with E-state index in [2.05, 4.69) is 21.2 Å². The Labute approximate surface area is 141 Å². The van der Waals surface area contributed by atoms with Crippen LogP contribution in [0.3, 0.4) is 0 Å². The van der Waals surface area contributed by atoms with Crippen LogP contribution in [0, 0.1) is 0 Å². The van der Waals surface area contributed by atoms with Crippen LogP contribution < -0.4 is 5.32 Å². The van der Waals surface area contributed by atoms with Crippen molar-refractivity contribution in [2.24, 2.45) is 0 Å². The molecule has 0 bridgehead atoms. The molecular weight excluding hydrogens is 370 g/mol. The first-order valence-electron chi connectivity index (χ1n) is 6.74. The molecule has 2 N–H and O–H groups in total. The molecule has 0 saturated carbocycles. The molecule has 0 aliphatic heterocycles. The Morgan fingerprint density at radius 3 is 2.22 bits per heavy atom. The van der Waals surface area contributed by atoms with E-state index in [-0.39, 0.29) is 30.0 Å². The van der Waals surface area contributed by atoms with Gasteiger partial charge in [-0.15, -0.1) is 0 Å². The number of esters is 2. The third-order valence-corrected chi connectivity index (χ3v) is 3.07. The van der Waals surface area contributed by atoms with E-state index in [1.165, 1.54) is 12.1 Å². The minimum Gasteiger partial charge on any atom is -0.478 e. The monoisotopic (exact) mass is 385 g/mol. The predicted octanol–water partition coefficient (Wildman–Crippen LogP) is 2.57. The van der Waals surface area contributed by atoms with Crippen molar-refractivity contribution < 1.29 is 29.0 Å². The molecular formula is C15H16BrNO6. The summed E-state index contributed by atoms with van der Waals surface area (Å²) < 4.78 is 10.2. The zero-order valence-electron chi connectivity index (χ0n) is 12.6. The number of carbonyl (C=O) groups excluding carboxylic acids is 2. The smallest absolute Gasteiger partial charge is 0.347 e. The Hall–Kier alpha value is -2.35. The normalized spacial score (nSPS) is 9.70. The summed E-state index contributed by atoms with van der Waals surface area (Å²) in [6.07, 6.45) is 1.08. The zero-order chi connectivity index (χ0) is 17.4. The molecule has 124 valence electrons. The molecule has 7 nitrogen and oxygen atoms in total. The number of benzene rings is 1. The highest BCUT2D eigenvalue weighted by molar-refractivity contribution is 9.10. The van der Waals surface area contributed by atoms with E-state index in [0.717, 1.165) is 6.20 Å². The first-order chi connectivity index (χ1) is 10.9. The van der Waals surface area contributed by atoms with Gasteiger partial charge in [0, 0.05) is 10.7 Å². The van der Waals surface area contributed by atoms with Crippen LogP contribution in [0.5, 0.6) is 0 Å². The van der Waals surface area contributed by atoms with Crippen LogP contribution in [0.25, 0.3) is 0 Å². The number of hydrogen-bond acceptors (Lipinski definition) is 6. The lowest BCUT2D eigenvalue weighted by molar-refractivity contribution is -0.146. The van der Waals surface area contributed by atoms with Crippen molar-refractivity contribution in [1.82, 2.24) is 0 Å². The van der Waals surface area contributed by atoms with Gasteiger partial charge in [0.15, 0.2) is 5.57 Å². The van der Waals surface area contributed by atoms with Gasteiger partial charge >= 0.3 is 17.9 Å². The number of nitrogens with one attached hydrogen (secondary N) is 1. The lowest BCUT2D eigenvalue weighted by atomic mass is 10.2. The average molecular weight is 386 g/mol. The largest absolute Gasteiger partial charge is 0.478 e. The van der Waals surface area contributed by atoms with E-state index >= 15 is 0 Å². The quantitative estimate of drug-likeness (QED) is 0.321. The maximum absolute atomic E-state index is 11.8. The third kappa shape index (κ3) is 5.41. The second-order valence-electron chi connectivity index (χ2n) is 4.14. The molecule has 1 aromatic carbocycles. The predicted molar refractivity (Wildman–Crippen MR) is 86.1 cm³/mol. The van der Waals surface area contributed by atoms with Gasteiger partial charge in [-0.2, -0.15) is 0 Å². The molecule has 0 heterocycles. The molecule has 0 fully saturated rings. The molecule has 23 heavy (non-hydrogen) atoms. The molecule has 8 heteroatoms. The lowest BCUT2D eigenvalue weighted by Crippen LogP contribution is -2.19. The van der Waals surface area contributed by atoms with Gasteiger partial charge in [0.05, 0.1) is 24.5 Å². The molecule has 0 aliphatic carbocycles. The van der Waals surface area contributed by atoms with Crippen LogP contribution in [0.4, 0.5) is 5.69 Å². The number of ether oxygens (including phenoxy) is 2. The first-order valence-corrected chi connectivity index (χ1v) is 7.53. The highest BCUT2D eigenvalue weighted by Gasteiger charge is 2.21. The zero-order valence-corrected chi connectivity index (χ0v) is 14.2. The maximum atomic E-state index is 11.8. The molecule has 0 unspecified atom stereocenters. The molecule has 1 aromatic rings. The average Bonchev–Trinajstić information content (AvgIpc) is 2.49. The van der Waals surface area contributed by atoms with Gasteiger partial charge in [-0.25, -0.2) is 14.4 Å². The summed E-state index contributed by atoms with van der Waals surface area (Å²) >= 11 is 3.18. The summed E-state index contributed by atoms with van der Waals surface area (Å²) in [5.41, 5.74) is -0.164. The van der Waals surface area contributed by atoms with Crippen LogP contribution >= 0.6 is 15.9 Å². The second kappa shape index (κ2) is 8.94. The van der Waals surface area contributed by atoms with Crippen molar-refractivity contribution in [2.45, 2.75) is 13.8 Å².